The van der Waals surface area contributed by atoms with Crippen molar-refractivity contribution in [2.45, 2.75) is 12.7 Å². The summed E-state index contributed by atoms with van der Waals surface area (Å²) in [6.45, 7) is 0.275. The number of hydrogen-bond acceptors (Lipinski definition) is 3. The summed E-state index contributed by atoms with van der Waals surface area (Å²) in [5.41, 5.74) is -1.37. The van der Waals surface area contributed by atoms with Gasteiger partial charge in [-0.05, 0) is 36.0 Å². The minimum absolute atomic E-state index is 0.0469. The Labute approximate surface area is 150 Å². The summed E-state index contributed by atoms with van der Waals surface area (Å²) in [4.78, 5) is 9.77. The number of benzene rings is 2. The van der Waals surface area contributed by atoms with Crippen LogP contribution in [-0.2, 0) is 12.7 Å². The smallest absolute Gasteiger partial charge is 0.358 e. The molecule has 0 aromatic heterocycles. The number of nitro benzene ring substituents is 1. The molecule has 10 heteroatoms. The van der Waals surface area contributed by atoms with Crippen molar-refractivity contribution in [3.8, 4) is 0 Å². The summed E-state index contributed by atoms with van der Waals surface area (Å²) in [6, 6.07) is 9.23. The maximum Gasteiger partial charge on any atom is 0.418 e. The highest BCUT2D eigenvalue weighted by atomic mass is 35.5. The zero-order valence-electron chi connectivity index (χ0n) is 12.4. The van der Waals surface area contributed by atoms with Gasteiger partial charge < -0.3 is 10.6 Å². The maximum atomic E-state index is 13.1. The first kappa shape index (κ1) is 18.9. The summed E-state index contributed by atoms with van der Waals surface area (Å²) < 4.78 is 39.3. The second-order valence-corrected chi connectivity index (χ2v) is 5.76. The molecule has 132 valence electrons. The van der Waals surface area contributed by atoms with E-state index >= 15 is 0 Å². The molecule has 0 spiro atoms. The lowest BCUT2D eigenvalue weighted by Gasteiger charge is -2.16. The predicted molar refractivity (Wildman–Crippen MR) is 92.6 cm³/mol. The minimum atomic E-state index is -4.76. The standard InChI is InChI=1S/C15H11ClF3N3O2S/c16-10-3-1-9(2-4-10)8-20-14(25)21-13-6-5-11(22(23)24)7-12(13)15(17,18)19/h1-7H,8H2,(H2,20,21,25). The molecule has 2 aromatic carbocycles. The minimum Gasteiger partial charge on any atom is -0.358 e. The molecule has 0 bridgehead atoms. The average Bonchev–Trinajstić information content (AvgIpc) is 2.53. The van der Waals surface area contributed by atoms with E-state index in [9.17, 15) is 23.3 Å². The number of anilines is 1. The molecule has 2 aromatic rings. The number of halogens is 4. The first-order chi connectivity index (χ1) is 11.7. The molecular weight excluding hydrogens is 379 g/mol. The lowest BCUT2D eigenvalue weighted by Crippen LogP contribution is -2.29. The number of thiocarbonyl (C=S) groups is 1. The molecular formula is C15H11ClF3N3O2S. The molecule has 0 unspecified atom stereocenters. The second kappa shape index (κ2) is 7.66. The fourth-order valence-electron chi connectivity index (χ4n) is 1.94. The van der Waals surface area contributed by atoms with Crippen molar-refractivity contribution in [2.75, 3.05) is 5.32 Å². The summed E-state index contributed by atoms with van der Waals surface area (Å²) in [5.74, 6) is 0. The summed E-state index contributed by atoms with van der Waals surface area (Å²) in [5, 5.41) is 16.4. The third-order valence-electron chi connectivity index (χ3n) is 3.13. The van der Waals surface area contributed by atoms with Crippen LogP contribution < -0.4 is 10.6 Å². The van der Waals surface area contributed by atoms with Crippen molar-refractivity contribution in [1.29, 1.82) is 0 Å². The van der Waals surface area contributed by atoms with E-state index in [1.165, 1.54) is 0 Å². The van der Waals surface area contributed by atoms with E-state index in [0.717, 1.165) is 17.7 Å². The Bertz CT molecular complexity index is 798. The van der Waals surface area contributed by atoms with Crippen LogP contribution in [0, 0.1) is 10.1 Å². The average molecular weight is 390 g/mol. The molecule has 2 rings (SSSR count). The molecule has 0 heterocycles. The van der Waals surface area contributed by atoms with Gasteiger partial charge >= 0.3 is 6.18 Å². The first-order valence-corrected chi connectivity index (χ1v) is 7.60. The predicted octanol–water partition coefficient (Wildman–Crippen LogP) is 4.75. The maximum absolute atomic E-state index is 13.1. The molecule has 0 aliphatic rings. The largest absolute Gasteiger partial charge is 0.418 e. The van der Waals surface area contributed by atoms with Gasteiger partial charge in [0, 0.05) is 23.7 Å². The van der Waals surface area contributed by atoms with Gasteiger partial charge in [0.15, 0.2) is 5.11 Å². The van der Waals surface area contributed by atoms with Crippen LogP contribution in [0.2, 0.25) is 5.02 Å². The molecule has 25 heavy (non-hydrogen) atoms. The van der Waals surface area contributed by atoms with E-state index in [1.54, 1.807) is 24.3 Å². The van der Waals surface area contributed by atoms with E-state index in [2.05, 4.69) is 10.6 Å². The van der Waals surface area contributed by atoms with Gasteiger partial charge in [-0.3, -0.25) is 10.1 Å². The van der Waals surface area contributed by atoms with Crippen LogP contribution in [-0.4, -0.2) is 10.0 Å². The Morgan fingerprint density at radius 2 is 1.84 bits per heavy atom. The number of nitro groups is 1. The van der Waals surface area contributed by atoms with Gasteiger partial charge in [-0.1, -0.05) is 23.7 Å². The number of nitrogens with one attached hydrogen (secondary N) is 2. The number of alkyl halides is 3. The molecule has 0 saturated carbocycles. The lowest BCUT2D eigenvalue weighted by atomic mass is 10.1. The van der Waals surface area contributed by atoms with Crippen LogP contribution in [0.25, 0.3) is 0 Å². The van der Waals surface area contributed by atoms with Crippen LogP contribution in [0.5, 0.6) is 0 Å². The van der Waals surface area contributed by atoms with Gasteiger partial charge in [0.1, 0.15) is 0 Å². The van der Waals surface area contributed by atoms with E-state index < -0.39 is 22.4 Å². The van der Waals surface area contributed by atoms with Crippen LogP contribution in [0.3, 0.4) is 0 Å². The van der Waals surface area contributed by atoms with Gasteiger partial charge in [0.25, 0.3) is 5.69 Å². The Balaban J connectivity index is 2.11. The van der Waals surface area contributed by atoms with Gasteiger partial charge in [-0.15, -0.1) is 0 Å². The van der Waals surface area contributed by atoms with Crippen molar-refractivity contribution in [1.82, 2.24) is 5.32 Å². The zero-order valence-corrected chi connectivity index (χ0v) is 14.0. The van der Waals surface area contributed by atoms with Gasteiger partial charge in [-0.25, -0.2) is 0 Å². The van der Waals surface area contributed by atoms with Gasteiger partial charge in [0.05, 0.1) is 16.2 Å². The topological polar surface area (TPSA) is 67.2 Å². The highest BCUT2D eigenvalue weighted by Gasteiger charge is 2.35. The third kappa shape index (κ3) is 5.30. The highest BCUT2D eigenvalue weighted by Crippen LogP contribution is 2.37. The summed E-state index contributed by atoms with van der Waals surface area (Å²) >= 11 is 10.7. The van der Waals surface area contributed by atoms with E-state index in [-0.39, 0.29) is 17.3 Å². The molecule has 0 fully saturated rings. The van der Waals surface area contributed by atoms with E-state index in [4.69, 9.17) is 23.8 Å². The van der Waals surface area contributed by atoms with Crippen molar-refractivity contribution < 1.29 is 18.1 Å². The van der Waals surface area contributed by atoms with Crippen LogP contribution in [0.1, 0.15) is 11.1 Å². The van der Waals surface area contributed by atoms with Crippen LogP contribution in [0.15, 0.2) is 42.5 Å². The fraction of sp³-hybridized carbons (Fsp3) is 0.133. The second-order valence-electron chi connectivity index (χ2n) is 4.92. The molecule has 5 nitrogen and oxygen atoms in total. The SMILES string of the molecule is O=[N+]([O-])c1ccc(NC(=S)NCc2ccc(Cl)cc2)c(C(F)(F)F)c1. The molecule has 0 amide bonds. The summed E-state index contributed by atoms with van der Waals surface area (Å²) in [7, 11) is 0. The van der Waals surface area contributed by atoms with Crippen molar-refractivity contribution in [3.63, 3.8) is 0 Å². The molecule has 0 aliphatic carbocycles. The third-order valence-corrected chi connectivity index (χ3v) is 3.63. The van der Waals surface area contributed by atoms with Crippen LogP contribution >= 0.6 is 23.8 Å². The van der Waals surface area contributed by atoms with Crippen molar-refractivity contribution in [3.05, 3.63) is 68.7 Å². The zero-order chi connectivity index (χ0) is 18.6. The summed E-state index contributed by atoms with van der Waals surface area (Å²) in [6.07, 6.45) is -4.76. The highest BCUT2D eigenvalue weighted by molar-refractivity contribution is 7.80. The number of nitrogens with zero attached hydrogens (tertiary/aromatic N) is 1. The molecule has 0 aliphatic heterocycles. The Kier molecular flexibility index (Phi) is 5.81. The molecule has 0 saturated heterocycles. The lowest BCUT2D eigenvalue weighted by molar-refractivity contribution is -0.385. The normalized spacial score (nSPS) is 11.0. The monoisotopic (exact) mass is 389 g/mol. The number of hydrogen-bond donors (Lipinski definition) is 2. The molecule has 2 N–H and O–H groups in total. The van der Waals surface area contributed by atoms with Crippen molar-refractivity contribution in [2.24, 2.45) is 0 Å². The number of non-ortho nitro benzene ring substituents is 1. The quantitative estimate of drug-likeness (QED) is 0.448. The van der Waals surface area contributed by atoms with Crippen LogP contribution in [0.4, 0.5) is 24.5 Å². The first-order valence-electron chi connectivity index (χ1n) is 6.82. The van der Waals surface area contributed by atoms with Gasteiger partial charge in [0.2, 0.25) is 0 Å². The Hall–Kier alpha value is -2.39. The van der Waals surface area contributed by atoms with E-state index in [1.807, 2.05) is 0 Å². The number of rotatable bonds is 4. The Morgan fingerprint density at radius 1 is 1.20 bits per heavy atom. The van der Waals surface area contributed by atoms with Crippen molar-refractivity contribution >= 4 is 40.3 Å². The molecule has 0 atom stereocenters. The van der Waals surface area contributed by atoms with E-state index in [0.29, 0.717) is 11.1 Å². The van der Waals surface area contributed by atoms with Gasteiger partial charge in [-0.2, -0.15) is 13.2 Å². The Morgan fingerprint density at radius 3 is 2.40 bits per heavy atom. The molecule has 0 radical (unpaired) electrons. The fourth-order valence-corrected chi connectivity index (χ4v) is 2.25.